The first-order valence-corrected chi connectivity index (χ1v) is 8.35. The summed E-state index contributed by atoms with van der Waals surface area (Å²) in [5, 5.41) is 0.000211. The summed E-state index contributed by atoms with van der Waals surface area (Å²) in [6, 6.07) is 15.0. The molecule has 5 heteroatoms. The van der Waals surface area contributed by atoms with Crippen LogP contribution >= 0.6 is 11.6 Å². The molecule has 0 aliphatic rings. The monoisotopic (exact) mass is 370 g/mol. The highest BCUT2D eigenvalue weighted by Crippen LogP contribution is 2.22. The van der Waals surface area contributed by atoms with Crippen molar-refractivity contribution in [1.82, 2.24) is 0 Å². The van der Waals surface area contributed by atoms with E-state index in [4.69, 9.17) is 20.8 Å². The molecule has 0 radical (unpaired) electrons. The predicted octanol–water partition coefficient (Wildman–Crippen LogP) is 5.86. The van der Waals surface area contributed by atoms with Gasteiger partial charge in [0.05, 0.1) is 5.02 Å². The molecule has 0 atom stereocenters. The highest BCUT2D eigenvalue weighted by atomic mass is 35.5. The fourth-order valence-corrected chi connectivity index (χ4v) is 2.51. The number of ether oxygens (including phenoxy) is 1. The predicted molar refractivity (Wildman–Crippen MR) is 99.0 cm³/mol. The topological polar surface area (TPSA) is 39.4 Å². The lowest BCUT2D eigenvalue weighted by molar-refractivity contribution is 0.104. The third-order valence-corrected chi connectivity index (χ3v) is 3.95. The smallest absolute Gasteiger partial charge is 0.185 e. The Morgan fingerprint density at radius 1 is 1.19 bits per heavy atom. The highest BCUT2D eigenvalue weighted by Gasteiger charge is 2.06. The van der Waals surface area contributed by atoms with Crippen molar-refractivity contribution in [2.75, 3.05) is 0 Å². The zero-order valence-electron chi connectivity index (χ0n) is 14.0. The van der Waals surface area contributed by atoms with Crippen LogP contribution in [0.25, 0.3) is 6.08 Å². The summed E-state index contributed by atoms with van der Waals surface area (Å²) in [6.45, 7) is 2.11. The van der Waals surface area contributed by atoms with Gasteiger partial charge in [-0.05, 0) is 49.4 Å². The molecule has 0 saturated carbocycles. The second-order valence-electron chi connectivity index (χ2n) is 5.74. The van der Waals surface area contributed by atoms with Gasteiger partial charge >= 0.3 is 0 Å². The van der Waals surface area contributed by atoms with Crippen LogP contribution in [0.3, 0.4) is 0 Å². The second-order valence-corrected chi connectivity index (χ2v) is 6.14. The normalized spacial score (nSPS) is 11.0. The lowest BCUT2D eigenvalue weighted by Gasteiger charge is -2.04. The second kappa shape index (κ2) is 8.02. The number of aryl methyl sites for hydroxylation is 1. The first-order chi connectivity index (χ1) is 12.5. The van der Waals surface area contributed by atoms with Crippen molar-refractivity contribution in [1.29, 1.82) is 0 Å². The number of allylic oxidation sites excluding steroid dienone is 1. The molecule has 0 aliphatic heterocycles. The average molecular weight is 371 g/mol. The molecular formula is C21H16ClFO3. The van der Waals surface area contributed by atoms with Crippen LogP contribution in [0.4, 0.5) is 4.39 Å². The van der Waals surface area contributed by atoms with E-state index >= 15 is 0 Å². The number of furan rings is 1. The number of carbonyl (C=O) groups excluding carboxylic acids is 1. The molecule has 0 spiro atoms. The average Bonchev–Trinajstić information content (AvgIpc) is 3.08. The molecule has 0 aliphatic carbocycles. The van der Waals surface area contributed by atoms with Crippen LogP contribution in [0, 0.1) is 12.7 Å². The number of hydrogen-bond acceptors (Lipinski definition) is 3. The lowest BCUT2D eigenvalue weighted by atomic mass is 10.1. The summed E-state index contributed by atoms with van der Waals surface area (Å²) in [5.41, 5.74) is 1.66. The molecule has 2 aromatic carbocycles. The minimum absolute atomic E-state index is 0.000211. The van der Waals surface area contributed by atoms with Crippen LogP contribution in [0.15, 0.2) is 65.1 Å². The fourth-order valence-electron chi connectivity index (χ4n) is 2.34. The van der Waals surface area contributed by atoms with Crippen LogP contribution < -0.4 is 4.74 Å². The van der Waals surface area contributed by atoms with Gasteiger partial charge in [-0.25, -0.2) is 4.39 Å². The van der Waals surface area contributed by atoms with E-state index < -0.39 is 5.82 Å². The van der Waals surface area contributed by atoms with Crippen molar-refractivity contribution < 1.29 is 18.3 Å². The number of hydrogen-bond donors (Lipinski definition) is 0. The van der Waals surface area contributed by atoms with Crippen LogP contribution in [-0.2, 0) is 6.61 Å². The largest absolute Gasteiger partial charge is 0.486 e. The Balaban J connectivity index is 1.60. The molecule has 26 heavy (non-hydrogen) atoms. The van der Waals surface area contributed by atoms with Crippen LogP contribution in [0.1, 0.15) is 27.4 Å². The zero-order valence-corrected chi connectivity index (χ0v) is 14.8. The van der Waals surface area contributed by atoms with Crippen LogP contribution in [0.5, 0.6) is 5.75 Å². The maximum atomic E-state index is 13.1. The molecule has 0 saturated heterocycles. The zero-order chi connectivity index (χ0) is 18.5. The molecule has 0 N–H and O–H groups in total. The van der Waals surface area contributed by atoms with Crippen molar-refractivity contribution in [3.8, 4) is 5.75 Å². The summed E-state index contributed by atoms with van der Waals surface area (Å²) >= 11 is 5.71. The number of ketones is 1. The maximum Gasteiger partial charge on any atom is 0.185 e. The van der Waals surface area contributed by atoms with E-state index in [9.17, 15) is 9.18 Å². The molecule has 3 nitrogen and oxygen atoms in total. The van der Waals surface area contributed by atoms with E-state index in [-0.39, 0.29) is 17.4 Å². The van der Waals surface area contributed by atoms with Crippen molar-refractivity contribution >= 4 is 23.5 Å². The van der Waals surface area contributed by atoms with E-state index in [0.717, 1.165) is 5.56 Å². The van der Waals surface area contributed by atoms with Gasteiger partial charge in [0.1, 0.15) is 29.7 Å². The van der Waals surface area contributed by atoms with Crippen LogP contribution in [-0.4, -0.2) is 5.78 Å². The Morgan fingerprint density at radius 3 is 2.81 bits per heavy atom. The maximum absolute atomic E-state index is 13.1. The number of halogens is 2. The van der Waals surface area contributed by atoms with E-state index in [1.807, 2.05) is 25.1 Å². The number of carbonyl (C=O) groups is 1. The SMILES string of the molecule is Cc1cccc(C(=O)/C=C/c2ccc(COc3ccc(F)c(Cl)c3)o2)c1. The molecule has 0 amide bonds. The molecule has 132 valence electrons. The summed E-state index contributed by atoms with van der Waals surface area (Å²) in [4.78, 5) is 12.2. The van der Waals surface area contributed by atoms with Crippen molar-refractivity contribution in [2.24, 2.45) is 0 Å². The van der Waals surface area contributed by atoms with Crippen LogP contribution in [0.2, 0.25) is 5.02 Å². The Bertz CT molecular complexity index is 959. The Morgan fingerprint density at radius 2 is 2.04 bits per heavy atom. The van der Waals surface area contributed by atoms with Gasteiger partial charge in [-0.15, -0.1) is 0 Å². The number of benzene rings is 2. The third kappa shape index (κ3) is 4.61. The minimum Gasteiger partial charge on any atom is -0.486 e. The van der Waals surface area contributed by atoms with E-state index in [1.165, 1.54) is 24.3 Å². The summed E-state index contributed by atoms with van der Waals surface area (Å²) in [6.07, 6.45) is 3.08. The Kier molecular flexibility index (Phi) is 5.54. The standard InChI is InChI=1S/C21H16ClFO3/c1-14-3-2-4-15(11-14)21(24)10-8-16-5-6-18(26-16)13-25-17-7-9-20(23)19(22)12-17/h2-12H,13H2,1H3/b10-8+. The van der Waals surface area contributed by atoms with Gasteiger partial charge in [0, 0.05) is 11.6 Å². The fraction of sp³-hybridized carbons (Fsp3) is 0.0952. The summed E-state index contributed by atoms with van der Waals surface area (Å²) in [5.74, 6) is 0.973. The number of rotatable bonds is 6. The quantitative estimate of drug-likeness (QED) is 0.403. The summed E-state index contributed by atoms with van der Waals surface area (Å²) in [7, 11) is 0. The third-order valence-electron chi connectivity index (χ3n) is 3.66. The molecule has 0 bridgehead atoms. The van der Waals surface area contributed by atoms with Gasteiger partial charge in [-0.1, -0.05) is 35.4 Å². The first kappa shape index (κ1) is 18.0. The molecule has 1 aromatic heterocycles. The van der Waals surface area contributed by atoms with Gasteiger partial charge in [-0.3, -0.25) is 4.79 Å². The molecule has 3 aromatic rings. The molecule has 3 rings (SSSR count). The van der Waals surface area contributed by atoms with E-state index in [2.05, 4.69) is 0 Å². The Labute approximate surface area is 155 Å². The van der Waals surface area contributed by atoms with Crippen molar-refractivity contribution in [3.05, 3.63) is 94.2 Å². The summed E-state index contributed by atoms with van der Waals surface area (Å²) < 4.78 is 24.2. The molecular weight excluding hydrogens is 355 g/mol. The van der Waals surface area contributed by atoms with E-state index in [0.29, 0.717) is 22.8 Å². The lowest BCUT2D eigenvalue weighted by Crippen LogP contribution is -1.94. The molecule has 0 unspecified atom stereocenters. The first-order valence-electron chi connectivity index (χ1n) is 7.97. The van der Waals surface area contributed by atoms with Crippen molar-refractivity contribution in [2.45, 2.75) is 13.5 Å². The van der Waals surface area contributed by atoms with Gasteiger partial charge in [-0.2, -0.15) is 0 Å². The van der Waals surface area contributed by atoms with Crippen molar-refractivity contribution in [3.63, 3.8) is 0 Å². The molecule has 1 heterocycles. The van der Waals surface area contributed by atoms with E-state index in [1.54, 1.807) is 24.3 Å². The van der Waals surface area contributed by atoms with Gasteiger partial charge in [0.25, 0.3) is 0 Å². The highest BCUT2D eigenvalue weighted by molar-refractivity contribution is 6.30. The molecule has 0 fully saturated rings. The Hall–Kier alpha value is -2.85. The van der Waals surface area contributed by atoms with Gasteiger partial charge < -0.3 is 9.15 Å². The van der Waals surface area contributed by atoms with Gasteiger partial charge in [0.2, 0.25) is 0 Å². The van der Waals surface area contributed by atoms with Gasteiger partial charge in [0.15, 0.2) is 5.78 Å². The minimum atomic E-state index is -0.497.